The van der Waals surface area contributed by atoms with Crippen molar-refractivity contribution in [2.24, 2.45) is 0 Å². The van der Waals surface area contributed by atoms with Crippen LogP contribution in [0.15, 0.2) is 67.0 Å². The predicted octanol–water partition coefficient (Wildman–Crippen LogP) is 4.85. The zero-order valence-electron chi connectivity index (χ0n) is 20.9. The van der Waals surface area contributed by atoms with Crippen LogP contribution in [0.3, 0.4) is 0 Å². The summed E-state index contributed by atoms with van der Waals surface area (Å²) >= 11 is 0. The molecule has 5 nitrogen and oxygen atoms in total. The van der Waals surface area contributed by atoms with Gasteiger partial charge in [0.25, 0.3) is 0 Å². The molecule has 1 saturated heterocycles. The molecule has 3 aromatic rings. The van der Waals surface area contributed by atoms with Crippen LogP contribution in [0.1, 0.15) is 30.9 Å². The SMILES string of the molecule is CCCN(CCN1CCN(c2ccc(-c3ccncc3)cc2)CC1)C1CCc2ccc(O)cc2C1. The van der Waals surface area contributed by atoms with Crippen molar-refractivity contribution in [1.29, 1.82) is 0 Å². The molecule has 1 atom stereocenters. The van der Waals surface area contributed by atoms with Gasteiger partial charge in [0.05, 0.1) is 0 Å². The quantitative estimate of drug-likeness (QED) is 0.510. The summed E-state index contributed by atoms with van der Waals surface area (Å²) in [6.07, 6.45) is 8.30. The van der Waals surface area contributed by atoms with Crippen molar-refractivity contribution in [3.8, 4) is 16.9 Å². The van der Waals surface area contributed by atoms with Crippen molar-refractivity contribution in [2.75, 3.05) is 50.7 Å². The monoisotopic (exact) mass is 470 g/mol. The average Bonchev–Trinajstić information content (AvgIpc) is 2.91. The molecule has 1 N–H and O–H groups in total. The Hall–Kier alpha value is -2.89. The van der Waals surface area contributed by atoms with Gasteiger partial charge in [0.2, 0.25) is 0 Å². The highest BCUT2D eigenvalue weighted by Crippen LogP contribution is 2.28. The van der Waals surface area contributed by atoms with Gasteiger partial charge in [-0.3, -0.25) is 14.8 Å². The van der Waals surface area contributed by atoms with Crippen molar-refractivity contribution in [3.63, 3.8) is 0 Å². The number of rotatable bonds is 8. The van der Waals surface area contributed by atoms with Crippen LogP contribution in [0, 0.1) is 0 Å². The first kappa shape index (κ1) is 23.8. The Bertz CT molecular complexity index is 1080. The van der Waals surface area contributed by atoms with E-state index < -0.39 is 0 Å². The Balaban J connectivity index is 1.12. The van der Waals surface area contributed by atoms with Crippen LogP contribution in [0.4, 0.5) is 5.69 Å². The molecular weight excluding hydrogens is 432 g/mol. The topological polar surface area (TPSA) is 42.8 Å². The number of phenolic OH excluding ortho intramolecular Hbond substituents is 1. The first-order chi connectivity index (χ1) is 17.2. The van der Waals surface area contributed by atoms with E-state index in [2.05, 4.69) is 69.1 Å². The van der Waals surface area contributed by atoms with Crippen LogP contribution in [0.25, 0.3) is 11.1 Å². The van der Waals surface area contributed by atoms with Gasteiger partial charge in [-0.05, 0) is 90.9 Å². The van der Waals surface area contributed by atoms with E-state index in [1.165, 1.54) is 40.8 Å². The highest BCUT2D eigenvalue weighted by atomic mass is 16.3. The molecule has 35 heavy (non-hydrogen) atoms. The van der Waals surface area contributed by atoms with Crippen LogP contribution in [0.5, 0.6) is 5.75 Å². The van der Waals surface area contributed by atoms with Gasteiger partial charge in [-0.1, -0.05) is 25.1 Å². The highest BCUT2D eigenvalue weighted by molar-refractivity contribution is 5.65. The molecule has 184 valence electrons. The van der Waals surface area contributed by atoms with Gasteiger partial charge < -0.3 is 10.0 Å². The van der Waals surface area contributed by atoms with Crippen LogP contribution in [0.2, 0.25) is 0 Å². The summed E-state index contributed by atoms with van der Waals surface area (Å²) in [5.41, 5.74) is 6.53. The van der Waals surface area contributed by atoms with Crippen LogP contribution < -0.4 is 4.90 Å². The number of aromatic hydroxyl groups is 1. The number of aromatic nitrogens is 1. The number of pyridine rings is 1. The predicted molar refractivity (Wildman–Crippen MR) is 144 cm³/mol. The maximum Gasteiger partial charge on any atom is 0.115 e. The lowest BCUT2D eigenvalue weighted by molar-refractivity contribution is 0.145. The van der Waals surface area contributed by atoms with Gasteiger partial charge in [0, 0.05) is 63.4 Å². The van der Waals surface area contributed by atoms with Crippen molar-refractivity contribution in [2.45, 2.75) is 38.6 Å². The molecule has 0 bridgehead atoms. The minimum atomic E-state index is 0.399. The Morgan fingerprint density at radius 2 is 1.63 bits per heavy atom. The lowest BCUT2D eigenvalue weighted by atomic mass is 9.87. The molecule has 2 aromatic carbocycles. The zero-order chi connectivity index (χ0) is 24.0. The van der Waals surface area contributed by atoms with Crippen molar-refractivity contribution in [3.05, 3.63) is 78.1 Å². The normalized spacial score (nSPS) is 18.6. The Morgan fingerprint density at radius 3 is 2.37 bits per heavy atom. The van der Waals surface area contributed by atoms with E-state index >= 15 is 0 Å². The fourth-order valence-electron chi connectivity index (χ4n) is 5.71. The fraction of sp³-hybridized carbons (Fsp3) is 0.433. The van der Waals surface area contributed by atoms with Crippen molar-refractivity contribution >= 4 is 5.69 Å². The number of phenols is 1. The molecule has 5 rings (SSSR count). The second-order valence-electron chi connectivity index (χ2n) is 10.00. The number of anilines is 1. The molecule has 0 saturated carbocycles. The highest BCUT2D eigenvalue weighted by Gasteiger charge is 2.25. The van der Waals surface area contributed by atoms with Crippen LogP contribution >= 0.6 is 0 Å². The molecule has 1 fully saturated rings. The summed E-state index contributed by atoms with van der Waals surface area (Å²) in [5, 5.41) is 9.93. The second-order valence-corrected chi connectivity index (χ2v) is 10.00. The van der Waals surface area contributed by atoms with E-state index in [1.807, 2.05) is 24.5 Å². The summed E-state index contributed by atoms with van der Waals surface area (Å²) in [5.74, 6) is 0.399. The van der Waals surface area contributed by atoms with Gasteiger partial charge in [0.1, 0.15) is 5.75 Å². The average molecular weight is 471 g/mol. The van der Waals surface area contributed by atoms with E-state index in [1.54, 1.807) is 0 Å². The second kappa shape index (κ2) is 11.2. The lowest BCUT2D eigenvalue weighted by Gasteiger charge is -2.39. The third-order valence-electron chi connectivity index (χ3n) is 7.74. The van der Waals surface area contributed by atoms with E-state index in [-0.39, 0.29) is 0 Å². The summed E-state index contributed by atoms with van der Waals surface area (Å²) in [7, 11) is 0. The summed E-state index contributed by atoms with van der Waals surface area (Å²) in [6.45, 7) is 10.1. The van der Waals surface area contributed by atoms with Gasteiger partial charge >= 0.3 is 0 Å². The largest absolute Gasteiger partial charge is 0.508 e. The Morgan fingerprint density at radius 1 is 0.886 bits per heavy atom. The Kier molecular flexibility index (Phi) is 7.65. The lowest BCUT2D eigenvalue weighted by Crippen LogP contribution is -2.50. The number of piperazine rings is 1. The van der Waals surface area contributed by atoms with Crippen LogP contribution in [-0.4, -0.2) is 71.7 Å². The minimum Gasteiger partial charge on any atom is -0.508 e. The van der Waals surface area contributed by atoms with E-state index in [9.17, 15) is 5.11 Å². The molecule has 1 aliphatic heterocycles. The first-order valence-electron chi connectivity index (χ1n) is 13.2. The van der Waals surface area contributed by atoms with Crippen molar-refractivity contribution < 1.29 is 5.11 Å². The van der Waals surface area contributed by atoms with E-state index in [4.69, 9.17) is 0 Å². The number of hydrogen-bond donors (Lipinski definition) is 1. The molecule has 5 heteroatoms. The van der Waals surface area contributed by atoms with Gasteiger partial charge in [0.15, 0.2) is 0 Å². The summed E-state index contributed by atoms with van der Waals surface area (Å²) in [4.78, 5) is 12.0. The summed E-state index contributed by atoms with van der Waals surface area (Å²) in [6, 6.07) is 19.6. The minimum absolute atomic E-state index is 0.399. The maximum atomic E-state index is 9.93. The van der Waals surface area contributed by atoms with Gasteiger partial charge in [-0.2, -0.15) is 0 Å². The third kappa shape index (κ3) is 5.85. The molecule has 1 aromatic heterocycles. The molecular formula is C30H38N4O. The number of fused-ring (bicyclic) bond motifs is 1. The number of hydrogen-bond acceptors (Lipinski definition) is 5. The van der Waals surface area contributed by atoms with Gasteiger partial charge in [-0.15, -0.1) is 0 Å². The summed E-state index contributed by atoms with van der Waals surface area (Å²) < 4.78 is 0. The zero-order valence-corrected chi connectivity index (χ0v) is 20.9. The maximum absolute atomic E-state index is 9.93. The van der Waals surface area contributed by atoms with E-state index in [0.29, 0.717) is 11.8 Å². The molecule has 2 heterocycles. The molecule has 0 amide bonds. The smallest absolute Gasteiger partial charge is 0.115 e. The Labute approximate surface area is 210 Å². The molecule has 1 aliphatic carbocycles. The first-order valence-corrected chi connectivity index (χ1v) is 13.2. The number of aryl methyl sites for hydroxylation is 1. The molecule has 2 aliphatic rings. The molecule has 0 spiro atoms. The fourth-order valence-corrected chi connectivity index (χ4v) is 5.71. The van der Waals surface area contributed by atoms with Crippen molar-refractivity contribution in [1.82, 2.24) is 14.8 Å². The third-order valence-corrected chi connectivity index (χ3v) is 7.74. The number of benzene rings is 2. The molecule has 1 unspecified atom stereocenters. The van der Waals surface area contributed by atoms with E-state index in [0.717, 1.165) is 58.7 Å². The molecule has 0 radical (unpaired) electrons. The van der Waals surface area contributed by atoms with Crippen LogP contribution in [-0.2, 0) is 12.8 Å². The standard InChI is InChI=1S/C30H38N4O/c1-2-15-33(29-9-5-25-6-10-30(35)23-27(25)22-29)19-16-32-17-20-34(21-18-32)28-7-3-24(4-8-28)26-11-13-31-14-12-26/h3-4,6-8,10-14,23,29,35H,2,5,9,15-22H2,1H3. The number of nitrogens with zero attached hydrogens (tertiary/aromatic N) is 4. The van der Waals surface area contributed by atoms with Gasteiger partial charge in [-0.25, -0.2) is 0 Å².